The van der Waals surface area contributed by atoms with E-state index in [4.69, 9.17) is 19.9 Å². The van der Waals surface area contributed by atoms with Gasteiger partial charge >= 0.3 is 11.9 Å². The standard InChI is InChI=1S/C15H21NO5.ClH/c1-9(17)21-11-7-6-10(8-12(11)19-4)13(16)15(2,3)14(18)20-5;/h6-8,13H,16H2,1-5H3;1H/t13-;/m1./s1. The molecular formula is C15H22ClNO5. The minimum absolute atomic E-state index is 0. The highest BCUT2D eigenvalue weighted by Crippen LogP contribution is 2.36. The first-order valence-corrected chi connectivity index (χ1v) is 6.44. The predicted molar refractivity (Wildman–Crippen MR) is 84.3 cm³/mol. The Balaban J connectivity index is 0.00000441. The maximum absolute atomic E-state index is 11.8. The summed E-state index contributed by atoms with van der Waals surface area (Å²) in [5, 5.41) is 0. The fourth-order valence-electron chi connectivity index (χ4n) is 1.92. The molecular weight excluding hydrogens is 310 g/mol. The SMILES string of the molecule is COC(=O)C(C)(C)[C@H](N)c1ccc(OC(C)=O)c(OC)c1.Cl. The molecule has 0 aliphatic carbocycles. The van der Waals surface area contributed by atoms with E-state index in [2.05, 4.69) is 0 Å². The molecule has 22 heavy (non-hydrogen) atoms. The molecule has 6 nitrogen and oxygen atoms in total. The fraction of sp³-hybridized carbons (Fsp3) is 0.467. The van der Waals surface area contributed by atoms with E-state index < -0.39 is 23.4 Å². The Bertz CT molecular complexity index is 545. The number of halogens is 1. The summed E-state index contributed by atoms with van der Waals surface area (Å²) in [6, 6.07) is 4.33. The number of rotatable bonds is 5. The number of carbonyl (C=O) groups is 2. The second-order valence-corrected chi connectivity index (χ2v) is 5.19. The van der Waals surface area contributed by atoms with Crippen LogP contribution in [0.15, 0.2) is 18.2 Å². The minimum Gasteiger partial charge on any atom is -0.493 e. The molecule has 1 aromatic rings. The zero-order valence-corrected chi connectivity index (χ0v) is 14.2. The van der Waals surface area contributed by atoms with E-state index in [1.165, 1.54) is 21.1 Å². The molecule has 0 aromatic heterocycles. The summed E-state index contributed by atoms with van der Waals surface area (Å²) in [4.78, 5) is 22.8. The smallest absolute Gasteiger partial charge is 0.313 e. The van der Waals surface area contributed by atoms with Crippen LogP contribution in [0.1, 0.15) is 32.4 Å². The van der Waals surface area contributed by atoms with Gasteiger partial charge in [-0.3, -0.25) is 9.59 Å². The lowest BCUT2D eigenvalue weighted by atomic mass is 9.81. The maximum Gasteiger partial charge on any atom is 0.313 e. The monoisotopic (exact) mass is 331 g/mol. The number of carbonyl (C=O) groups excluding carboxylic acids is 2. The molecule has 0 heterocycles. The largest absolute Gasteiger partial charge is 0.493 e. The molecule has 0 aliphatic heterocycles. The van der Waals surface area contributed by atoms with E-state index >= 15 is 0 Å². The zero-order chi connectivity index (χ0) is 16.2. The van der Waals surface area contributed by atoms with Crippen molar-refractivity contribution in [1.29, 1.82) is 0 Å². The summed E-state index contributed by atoms with van der Waals surface area (Å²) < 4.78 is 15.0. The van der Waals surface area contributed by atoms with Gasteiger partial charge in [-0.25, -0.2) is 0 Å². The Labute approximate surface area is 136 Å². The van der Waals surface area contributed by atoms with E-state index in [-0.39, 0.29) is 12.4 Å². The van der Waals surface area contributed by atoms with Gasteiger partial charge in [0, 0.05) is 13.0 Å². The van der Waals surface area contributed by atoms with E-state index in [0.717, 1.165) is 0 Å². The summed E-state index contributed by atoms with van der Waals surface area (Å²) >= 11 is 0. The molecule has 124 valence electrons. The van der Waals surface area contributed by atoms with Crippen LogP contribution < -0.4 is 15.2 Å². The third kappa shape index (κ3) is 4.35. The zero-order valence-electron chi connectivity index (χ0n) is 13.3. The van der Waals surface area contributed by atoms with Crippen LogP contribution in [0.25, 0.3) is 0 Å². The molecule has 1 rings (SSSR count). The quantitative estimate of drug-likeness (QED) is 0.657. The molecule has 0 fully saturated rings. The van der Waals surface area contributed by atoms with Crippen molar-refractivity contribution in [1.82, 2.24) is 0 Å². The Kier molecular flexibility index (Phi) is 7.35. The van der Waals surface area contributed by atoms with Gasteiger partial charge in [0.1, 0.15) is 0 Å². The molecule has 0 bridgehead atoms. The van der Waals surface area contributed by atoms with Gasteiger partial charge in [0.05, 0.1) is 19.6 Å². The molecule has 1 atom stereocenters. The third-order valence-corrected chi connectivity index (χ3v) is 3.29. The van der Waals surface area contributed by atoms with Crippen molar-refractivity contribution in [3.05, 3.63) is 23.8 Å². The van der Waals surface area contributed by atoms with Crippen LogP contribution in [0.2, 0.25) is 0 Å². The van der Waals surface area contributed by atoms with Gasteiger partial charge in [0.15, 0.2) is 11.5 Å². The van der Waals surface area contributed by atoms with Crippen molar-refractivity contribution in [2.75, 3.05) is 14.2 Å². The first kappa shape index (κ1) is 20.2. The highest BCUT2D eigenvalue weighted by Gasteiger charge is 2.37. The summed E-state index contributed by atoms with van der Waals surface area (Å²) in [6.07, 6.45) is 0. The number of hydrogen-bond acceptors (Lipinski definition) is 6. The molecule has 0 saturated heterocycles. The van der Waals surface area contributed by atoms with Crippen LogP contribution in [0, 0.1) is 5.41 Å². The number of esters is 2. The lowest BCUT2D eigenvalue weighted by Crippen LogP contribution is -2.37. The Hall–Kier alpha value is -1.79. The minimum atomic E-state index is -0.900. The highest BCUT2D eigenvalue weighted by molar-refractivity contribution is 5.85. The molecule has 0 unspecified atom stereocenters. The Morgan fingerprint density at radius 3 is 2.23 bits per heavy atom. The second-order valence-electron chi connectivity index (χ2n) is 5.19. The summed E-state index contributed by atoms with van der Waals surface area (Å²) in [5.41, 5.74) is 5.94. The molecule has 2 N–H and O–H groups in total. The number of benzene rings is 1. The van der Waals surface area contributed by atoms with Crippen LogP contribution in [0.4, 0.5) is 0 Å². The number of ether oxygens (including phenoxy) is 3. The van der Waals surface area contributed by atoms with Gasteiger partial charge in [-0.2, -0.15) is 0 Å². The van der Waals surface area contributed by atoms with Crippen molar-refractivity contribution in [3.63, 3.8) is 0 Å². The van der Waals surface area contributed by atoms with E-state index in [1.54, 1.807) is 32.0 Å². The summed E-state index contributed by atoms with van der Waals surface area (Å²) in [7, 11) is 2.78. The fourth-order valence-corrected chi connectivity index (χ4v) is 1.92. The average molecular weight is 332 g/mol. The first-order chi connectivity index (χ1) is 9.73. The topological polar surface area (TPSA) is 87.9 Å². The van der Waals surface area contributed by atoms with Crippen LogP contribution >= 0.6 is 12.4 Å². The van der Waals surface area contributed by atoms with E-state index in [0.29, 0.717) is 17.1 Å². The molecule has 0 amide bonds. The summed E-state index contributed by atoms with van der Waals surface area (Å²) in [5.74, 6) is -0.172. The van der Waals surface area contributed by atoms with Gasteiger partial charge in [0.2, 0.25) is 0 Å². The normalized spacial score (nSPS) is 11.9. The third-order valence-electron chi connectivity index (χ3n) is 3.29. The van der Waals surface area contributed by atoms with Gasteiger partial charge in [-0.05, 0) is 31.5 Å². The highest BCUT2D eigenvalue weighted by atomic mass is 35.5. The second kappa shape index (κ2) is 8.00. The first-order valence-electron chi connectivity index (χ1n) is 6.44. The van der Waals surface area contributed by atoms with Crippen LogP contribution in [0.5, 0.6) is 11.5 Å². The van der Waals surface area contributed by atoms with Gasteiger partial charge in [0.25, 0.3) is 0 Å². The predicted octanol–water partition coefficient (Wildman–Crippen LogP) is 2.24. The van der Waals surface area contributed by atoms with E-state index in [9.17, 15) is 9.59 Å². The van der Waals surface area contributed by atoms with E-state index in [1.807, 2.05) is 0 Å². The number of hydrogen-bond donors (Lipinski definition) is 1. The Morgan fingerprint density at radius 2 is 1.77 bits per heavy atom. The average Bonchev–Trinajstić information content (AvgIpc) is 2.45. The summed E-state index contributed by atoms with van der Waals surface area (Å²) in [6.45, 7) is 4.71. The van der Waals surface area contributed by atoms with Crippen molar-refractivity contribution in [2.24, 2.45) is 11.1 Å². The lowest BCUT2D eigenvalue weighted by molar-refractivity contribution is -0.152. The van der Waals surface area contributed by atoms with Crippen molar-refractivity contribution >= 4 is 24.3 Å². The molecule has 7 heteroatoms. The maximum atomic E-state index is 11.8. The molecule has 0 radical (unpaired) electrons. The number of nitrogens with two attached hydrogens (primary N) is 1. The number of methoxy groups -OCH3 is 2. The Morgan fingerprint density at radius 1 is 1.18 bits per heavy atom. The van der Waals surface area contributed by atoms with Gasteiger partial charge in [-0.1, -0.05) is 6.07 Å². The van der Waals surface area contributed by atoms with Gasteiger partial charge < -0.3 is 19.9 Å². The van der Waals surface area contributed by atoms with Crippen LogP contribution in [0.3, 0.4) is 0 Å². The lowest BCUT2D eigenvalue weighted by Gasteiger charge is -2.29. The van der Waals surface area contributed by atoms with Crippen LogP contribution in [-0.2, 0) is 14.3 Å². The van der Waals surface area contributed by atoms with Gasteiger partial charge in [-0.15, -0.1) is 12.4 Å². The van der Waals surface area contributed by atoms with Crippen LogP contribution in [-0.4, -0.2) is 26.2 Å². The molecule has 0 aliphatic rings. The van der Waals surface area contributed by atoms with Crippen molar-refractivity contribution in [2.45, 2.75) is 26.8 Å². The molecule has 0 spiro atoms. The molecule has 0 saturated carbocycles. The molecule has 1 aromatic carbocycles. The van der Waals surface area contributed by atoms with Crippen molar-refractivity contribution < 1.29 is 23.8 Å². The van der Waals surface area contributed by atoms with Crippen molar-refractivity contribution in [3.8, 4) is 11.5 Å².